The molecule has 3 amide bonds. The van der Waals surface area contributed by atoms with Crippen LogP contribution in [0.1, 0.15) is 19.3 Å². The number of hydrogen-bond acceptors (Lipinski definition) is 6. The van der Waals surface area contributed by atoms with E-state index in [4.69, 9.17) is 21.7 Å². The Morgan fingerprint density at radius 1 is 1.32 bits per heavy atom. The fraction of sp³-hybridized carbons (Fsp3) is 0.667. The second-order valence-electron chi connectivity index (χ2n) is 5.05. The maximum absolute atomic E-state index is 12.1. The van der Waals surface area contributed by atoms with Crippen molar-refractivity contribution in [2.75, 3.05) is 13.2 Å². The summed E-state index contributed by atoms with van der Waals surface area (Å²) in [6, 6.07) is -3.46. The van der Waals surface area contributed by atoms with Gasteiger partial charge in [0.15, 0.2) is 0 Å². The van der Waals surface area contributed by atoms with Crippen LogP contribution in [0.3, 0.4) is 0 Å². The normalized spacial score (nSPS) is 20.3. The summed E-state index contributed by atoms with van der Waals surface area (Å²) >= 11 is 0. The molecule has 0 aromatic heterocycles. The number of amides is 3. The topological polar surface area (TPSA) is 176 Å². The summed E-state index contributed by atoms with van der Waals surface area (Å²) < 4.78 is 0. The van der Waals surface area contributed by atoms with Crippen molar-refractivity contribution >= 4 is 23.7 Å². The minimum atomic E-state index is -1.44. The number of aliphatic hydroxyl groups excluding tert-OH is 1. The average Bonchev–Trinajstić information content (AvgIpc) is 2.91. The van der Waals surface area contributed by atoms with Crippen LogP contribution in [-0.4, -0.2) is 70.1 Å². The smallest absolute Gasteiger partial charge is 0.328 e. The molecule has 1 aliphatic rings. The van der Waals surface area contributed by atoms with E-state index in [9.17, 15) is 19.2 Å². The van der Waals surface area contributed by atoms with Gasteiger partial charge >= 0.3 is 5.97 Å². The van der Waals surface area contributed by atoms with E-state index >= 15 is 0 Å². The Labute approximate surface area is 126 Å². The van der Waals surface area contributed by atoms with Crippen LogP contribution in [0.15, 0.2) is 0 Å². The molecule has 22 heavy (non-hydrogen) atoms. The van der Waals surface area contributed by atoms with Crippen LogP contribution in [0.5, 0.6) is 0 Å². The zero-order valence-corrected chi connectivity index (χ0v) is 11.9. The lowest BCUT2D eigenvalue weighted by Gasteiger charge is -2.27. The second-order valence-corrected chi connectivity index (χ2v) is 5.05. The van der Waals surface area contributed by atoms with E-state index < -0.39 is 48.4 Å². The predicted molar refractivity (Wildman–Crippen MR) is 73.2 cm³/mol. The fourth-order valence-corrected chi connectivity index (χ4v) is 2.27. The Morgan fingerprint density at radius 2 is 1.95 bits per heavy atom. The van der Waals surface area contributed by atoms with E-state index in [-0.39, 0.29) is 13.0 Å². The van der Waals surface area contributed by atoms with E-state index in [2.05, 4.69) is 5.32 Å². The molecule has 1 fully saturated rings. The molecule has 124 valence electrons. The number of carboxylic acid groups (broad SMARTS) is 1. The highest BCUT2D eigenvalue weighted by Gasteiger charge is 2.37. The van der Waals surface area contributed by atoms with Crippen molar-refractivity contribution < 1.29 is 29.4 Å². The summed E-state index contributed by atoms with van der Waals surface area (Å²) in [6.07, 6.45) is 0.556. The van der Waals surface area contributed by atoms with Crippen LogP contribution in [0.25, 0.3) is 0 Å². The number of hydrogen-bond donors (Lipinski definition) is 5. The molecule has 0 aliphatic carbocycles. The first-order chi connectivity index (χ1) is 10.3. The molecule has 1 rings (SSSR count). The maximum Gasteiger partial charge on any atom is 0.328 e. The van der Waals surface area contributed by atoms with Gasteiger partial charge in [-0.05, 0) is 12.8 Å². The number of rotatable bonds is 7. The summed E-state index contributed by atoms with van der Waals surface area (Å²) in [5.74, 6) is -3.38. The first-order valence-corrected chi connectivity index (χ1v) is 6.76. The van der Waals surface area contributed by atoms with Crippen LogP contribution in [-0.2, 0) is 19.2 Å². The molecule has 10 nitrogen and oxygen atoms in total. The van der Waals surface area contributed by atoms with Crippen molar-refractivity contribution in [1.82, 2.24) is 10.2 Å². The quantitative estimate of drug-likeness (QED) is 0.327. The van der Waals surface area contributed by atoms with E-state index in [1.54, 1.807) is 0 Å². The van der Waals surface area contributed by atoms with E-state index in [1.165, 1.54) is 4.90 Å². The van der Waals surface area contributed by atoms with Gasteiger partial charge in [0.25, 0.3) is 0 Å². The van der Waals surface area contributed by atoms with Gasteiger partial charge in [0.05, 0.1) is 19.1 Å². The number of primary amides is 1. The third kappa shape index (κ3) is 4.40. The third-order valence-corrected chi connectivity index (χ3v) is 3.37. The van der Waals surface area contributed by atoms with E-state index in [1.807, 2.05) is 0 Å². The van der Waals surface area contributed by atoms with Gasteiger partial charge in [-0.2, -0.15) is 0 Å². The van der Waals surface area contributed by atoms with E-state index in [0.717, 1.165) is 0 Å². The lowest BCUT2D eigenvalue weighted by atomic mass is 10.1. The van der Waals surface area contributed by atoms with E-state index in [0.29, 0.717) is 12.8 Å². The first kappa shape index (κ1) is 17.9. The molecule has 0 unspecified atom stereocenters. The lowest BCUT2D eigenvalue weighted by Crippen LogP contribution is -2.55. The van der Waals surface area contributed by atoms with Gasteiger partial charge in [-0.25, -0.2) is 4.79 Å². The Hall–Kier alpha value is -2.20. The summed E-state index contributed by atoms with van der Waals surface area (Å²) in [5, 5.41) is 19.9. The molecule has 3 atom stereocenters. The predicted octanol–water partition coefficient (Wildman–Crippen LogP) is -3.26. The Bertz CT molecular complexity index is 469. The average molecular weight is 316 g/mol. The molecular weight excluding hydrogens is 296 g/mol. The highest BCUT2D eigenvalue weighted by molar-refractivity contribution is 5.93. The number of carbonyl (C=O) groups is 4. The number of nitrogens with one attached hydrogen (secondary N) is 1. The van der Waals surface area contributed by atoms with Crippen LogP contribution in [0, 0.1) is 0 Å². The fourth-order valence-electron chi connectivity index (χ4n) is 2.27. The molecule has 0 saturated carbocycles. The molecule has 0 radical (unpaired) electrons. The van der Waals surface area contributed by atoms with Gasteiger partial charge in [0, 0.05) is 6.54 Å². The zero-order valence-electron chi connectivity index (χ0n) is 11.9. The lowest BCUT2D eigenvalue weighted by molar-refractivity contribution is -0.145. The van der Waals surface area contributed by atoms with Gasteiger partial charge in [0.2, 0.25) is 17.7 Å². The van der Waals surface area contributed by atoms with Crippen LogP contribution in [0.2, 0.25) is 0 Å². The SMILES string of the molecule is NC(=O)C[C@H](N)C(=O)N1CCC[C@H]1C(=O)N[C@@H](CO)C(=O)O. The molecule has 0 spiro atoms. The minimum absolute atomic E-state index is 0.278. The van der Waals surface area contributed by atoms with Crippen LogP contribution >= 0.6 is 0 Å². The van der Waals surface area contributed by atoms with Crippen LogP contribution in [0.4, 0.5) is 0 Å². The minimum Gasteiger partial charge on any atom is -0.480 e. The Kier molecular flexibility index (Phi) is 6.25. The summed E-state index contributed by atoms with van der Waals surface area (Å²) in [6.45, 7) is -0.483. The number of aliphatic hydroxyl groups is 1. The largest absolute Gasteiger partial charge is 0.480 e. The van der Waals surface area contributed by atoms with Crippen molar-refractivity contribution in [2.45, 2.75) is 37.4 Å². The van der Waals surface area contributed by atoms with Gasteiger partial charge in [-0.1, -0.05) is 0 Å². The number of nitrogens with two attached hydrogens (primary N) is 2. The number of carbonyl (C=O) groups excluding carboxylic acids is 3. The second kappa shape index (κ2) is 7.71. The standard InChI is InChI=1S/C12H20N4O6/c13-6(4-9(14)18)11(20)16-3-1-2-8(16)10(19)15-7(5-17)12(21)22/h6-8,17H,1-5,13H2,(H2,14,18)(H,15,19)(H,21,22)/t6-,7-,8-/m0/s1. The molecule has 10 heteroatoms. The van der Waals surface area contributed by atoms with Gasteiger partial charge in [-0.15, -0.1) is 0 Å². The monoisotopic (exact) mass is 316 g/mol. The highest BCUT2D eigenvalue weighted by Crippen LogP contribution is 2.19. The van der Waals surface area contributed by atoms with Gasteiger partial charge in [-0.3, -0.25) is 14.4 Å². The summed E-state index contributed by atoms with van der Waals surface area (Å²) in [7, 11) is 0. The molecule has 1 aliphatic heterocycles. The molecule has 0 aromatic rings. The number of aliphatic carboxylic acids is 1. The van der Waals surface area contributed by atoms with Gasteiger partial charge < -0.3 is 31.9 Å². The molecule has 0 bridgehead atoms. The van der Waals surface area contributed by atoms with Crippen molar-refractivity contribution in [3.05, 3.63) is 0 Å². The maximum atomic E-state index is 12.1. The number of likely N-dealkylation sites (tertiary alicyclic amines) is 1. The molecular formula is C12H20N4O6. The zero-order chi connectivity index (χ0) is 16.9. The Morgan fingerprint density at radius 3 is 2.45 bits per heavy atom. The van der Waals surface area contributed by atoms with Crippen molar-refractivity contribution in [2.24, 2.45) is 11.5 Å². The third-order valence-electron chi connectivity index (χ3n) is 3.37. The number of nitrogens with zero attached hydrogens (tertiary/aromatic N) is 1. The van der Waals surface area contributed by atoms with Gasteiger partial charge in [0.1, 0.15) is 12.1 Å². The first-order valence-electron chi connectivity index (χ1n) is 6.76. The van der Waals surface area contributed by atoms with Crippen LogP contribution < -0.4 is 16.8 Å². The summed E-state index contributed by atoms with van der Waals surface area (Å²) in [5.41, 5.74) is 10.6. The van der Waals surface area contributed by atoms with Crippen molar-refractivity contribution in [3.8, 4) is 0 Å². The highest BCUT2D eigenvalue weighted by atomic mass is 16.4. The molecule has 1 saturated heterocycles. The Balaban J connectivity index is 2.73. The molecule has 1 heterocycles. The molecule has 7 N–H and O–H groups in total. The molecule has 0 aromatic carbocycles. The van der Waals surface area contributed by atoms with Crippen molar-refractivity contribution in [1.29, 1.82) is 0 Å². The van der Waals surface area contributed by atoms with Crippen molar-refractivity contribution in [3.63, 3.8) is 0 Å². The number of carboxylic acids is 1. The summed E-state index contributed by atoms with van der Waals surface area (Å²) in [4.78, 5) is 47.0.